The number of hydrogen-bond acceptors (Lipinski definition) is 7. The first-order valence-electron chi connectivity index (χ1n) is 7.06. The van der Waals surface area contributed by atoms with Crippen LogP contribution in [-0.4, -0.2) is 55.4 Å². The lowest BCUT2D eigenvalue weighted by Gasteiger charge is -2.29. The summed E-state index contributed by atoms with van der Waals surface area (Å²) in [6.45, 7) is 6.04. The molecule has 1 unspecified atom stereocenters. The number of nitrogens with zero attached hydrogens (tertiary/aromatic N) is 4. The van der Waals surface area contributed by atoms with E-state index in [1.165, 1.54) is 12.8 Å². The molecule has 1 aliphatic rings. The first-order valence-corrected chi connectivity index (χ1v) is 7.06. The van der Waals surface area contributed by atoms with Gasteiger partial charge in [0.15, 0.2) is 0 Å². The van der Waals surface area contributed by atoms with E-state index in [-0.39, 0.29) is 12.0 Å². The smallest absolute Gasteiger partial charge is 0.324 e. The van der Waals surface area contributed by atoms with Crippen molar-refractivity contribution < 1.29 is 9.47 Å². The summed E-state index contributed by atoms with van der Waals surface area (Å²) >= 11 is 0. The van der Waals surface area contributed by atoms with Gasteiger partial charge in [-0.25, -0.2) is 0 Å². The molecule has 20 heavy (non-hydrogen) atoms. The maximum atomic E-state index is 5.10. The van der Waals surface area contributed by atoms with Crippen LogP contribution >= 0.6 is 0 Å². The Morgan fingerprint density at radius 2 is 1.90 bits per heavy atom. The Bertz CT molecular complexity index is 401. The van der Waals surface area contributed by atoms with Gasteiger partial charge in [-0.1, -0.05) is 0 Å². The van der Waals surface area contributed by atoms with Crippen LogP contribution in [-0.2, 0) is 0 Å². The number of methoxy groups -OCH3 is 2. The lowest BCUT2D eigenvalue weighted by atomic mass is 9.99. The third kappa shape index (κ3) is 3.69. The van der Waals surface area contributed by atoms with Crippen LogP contribution in [0, 0.1) is 5.92 Å². The van der Waals surface area contributed by atoms with Crippen molar-refractivity contribution in [3.63, 3.8) is 0 Å². The lowest BCUT2D eigenvalue weighted by Crippen LogP contribution is -2.39. The maximum absolute atomic E-state index is 5.10. The first kappa shape index (κ1) is 14.8. The Kier molecular flexibility index (Phi) is 5.34. The van der Waals surface area contributed by atoms with E-state index in [1.54, 1.807) is 14.2 Å². The van der Waals surface area contributed by atoms with Crippen molar-refractivity contribution in [1.29, 1.82) is 0 Å². The molecule has 112 valence electrons. The summed E-state index contributed by atoms with van der Waals surface area (Å²) in [4.78, 5) is 14.8. The molecule has 7 heteroatoms. The van der Waals surface area contributed by atoms with Gasteiger partial charge in [-0.15, -0.1) is 4.98 Å². The van der Waals surface area contributed by atoms with E-state index < -0.39 is 0 Å². The Labute approximate surface area is 119 Å². The van der Waals surface area contributed by atoms with E-state index in [0.717, 1.165) is 26.2 Å². The fourth-order valence-electron chi connectivity index (χ4n) is 2.40. The predicted molar refractivity (Wildman–Crippen MR) is 76.4 cm³/mol. The van der Waals surface area contributed by atoms with E-state index in [0.29, 0.717) is 11.9 Å². The number of hydrogen-bond donors (Lipinski definition) is 1. The molecule has 7 nitrogen and oxygen atoms in total. The van der Waals surface area contributed by atoms with Crippen molar-refractivity contribution in [3.8, 4) is 12.0 Å². The van der Waals surface area contributed by atoms with Crippen LogP contribution in [0.1, 0.15) is 19.8 Å². The zero-order valence-electron chi connectivity index (χ0n) is 12.4. The molecule has 1 fully saturated rings. The fourth-order valence-corrected chi connectivity index (χ4v) is 2.40. The monoisotopic (exact) mass is 281 g/mol. The summed E-state index contributed by atoms with van der Waals surface area (Å²) in [6, 6.07) is 0.569. The van der Waals surface area contributed by atoms with Crippen LogP contribution in [0.3, 0.4) is 0 Å². The molecule has 2 heterocycles. The third-order valence-electron chi connectivity index (χ3n) is 3.49. The topological polar surface area (TPSA) is 72.4 Å². The van der Waals surface area contributed by atoms with Gasteiger partial charge >= 0.3 is 12.0 Å². The predicted octanol–water partition coefficient (Wildman–Crippen LogP) is 0.715. The van der Waals surface area contributed by atoms with Gasteiger partial charge in [-0.2, -0.15) is 9.97 Å². The molecule has 0 aromatic carbocycles. The van der Waals surface area contributed by atoms with Gasteiger partial charge < -0.3 is 19.7 Å². The zero-order valence-corrected chi connectivity index (χ0v) is 12.4. The summed E-state index contributed by atoms with van der Waals surface area (Å²) in [5.41, 5.74) is 0. The fraction of sp³-hybridized carbons (Fsp3) is 0.769. The molecule has 0 radical (unpaired) electrons. The lowest BCUT2D eigenvalue weighted by molar-refractivity contribution is 0.337. The highest BCUT2D eigenvalue weighted by Crippen LogP contribution is 2.19. The van der Waals surface area contributed by atoms with Gasteiger partial charge in [0.25, 0.3) is 0 Å². The van der Waals surface area contributed by atoms with Gasteiger partial charge in [0, 0.05) is 13.1 Å². The minimum absolute atomic E-state index is 0.284. The summed E-state index contributed by atoms with van der Waals surface area (Å²) in [5, 5.41) is 3.43. The summed E-state index contributed by atoms with van der Waals surface area (Å²) in [5.74, 6) is 1.24. The number of ether oxygens (including phenoxy) is 2. The van der Waals surface area contributed by atoms with Crippen molar-refractivity contribution in [1.82, 2.24) is 20.3 Å². The zero-order chi connectivity index (χ0) is 14.4. The average Bonchev–Trinajstić information content (AvgIpc) is 2.53. The van der Waals surface area contributed by atoms with Gasteiger partial charge in [0.05, 0.1) is 14.2 Å². The summed E-state index contributed by atoms with van der Waals surface area (Å²) in [7, 11) is 3.08. The van der Waals surface area contributed by atoms with Crippen molar-refractivity contribution in [3.05, 3.63) is 0 Å². The number of anilines is 1. The second-order valence-corrected chi connectivity index (χ2v) is 4.86. The van der Waals surface area contributed by atoms with E-state index in [2.05, 4.69) is 32.1 Å². The standard InChI is InChI=1S/C13H23N5O2/c1-4-18(9-10-6-5-7-14-8-10)11-15-12(19-2)17-13(16-11)20-3/h10,14H,4-9H2,1-3H3. The normalized spacial score (nSPS) is 18.6. The molecule has 2 rings (SSSR count). The molecule has 1 aliphatic heterocycles. The van der Waals surface area contributed by atoms with Crippen molar-refractivity contribution in [2.24, 2.45) is 5.92 Å². The molecule has 1 atom stereocenters. The Balaban J connectivity index is 2.12. The minimum atomic E-state index is 0.284. The molecule has 0 bridgehead atoms. The van der Waals surface area contributed by atoms with Crippen molar-refractivity contribution >= 4 is 5.95 Å². The summed E-state index contributed by atoms with van der Waals surface area (Å²) < 4.78 is 10.2. The van der Waals surface area contributed by atoms with Crippen LogP contribution in [0.5, 0.6) is 12.0 Å². The van der Waals surface area contributed by atoms with Gasteiger partial charge in [0.2, 0.25) is 5.95 Å². The molecule has 1 saturated heterocycles. The molecule has 0 spiro atoms. The van der Waals surface area contributed by atoms with Crippen LogP contribution in [0.2, 0.25) is 0 Å². The van der Waals surface area contributed by atoms with Gasteiger partial charge in [0.1, 0.15) is 0 Å². The quantitative estimate of drug-likeness (QED) is 0.823. The minimum Gasteiger partial charge on any atom is -0.467 e. The van der Waals surface area contributed by atoms with Gasteiger partial charge in [-0.3, -0.25) is 0 Å². The third-order valence-corrected chi connectivity index (χ3v) is 3.49. The highest BCUT2D eigenvalue weighted by Gasteiger charge is 2.19. The Hall–Kier alpha value is -1.63. The second-order valence-electron chi connectivity index (χ2n) is 4.86. The highest BCUT2D eigenvalue weighted by molar-refractivity contribution is 5.32. The van der Waals surface area contributed by atoms with Crippen molar-refractivity contribution in [2.75, 3.05) is 45.3 Å². The van der Waals surface area contributed by atoms with Crippen LogP contribution in [0.15, 0.2) is 0 Å². The Morgan fingerprint density at radius 3 is 2.40 bits per heavy atom. The van der Waals surface area contributed by atoms with Crippen LogP contribution < -0.4 is 19.7 Å². The van der Waals surface area contributed by atoms with Gasteiger partial charge in [-0.05, 0) is 38.8 Å². The van der Waals surface area contributed by atoms with E-state index >= 15 is 0 Å². The number of aromatic nitrogens is 3. The average molecular weight is 281 g/mol. The number of rotatable bonds is 6. The highest BCUT2D eigenvalue weighted by atomic mass is 16.5. The molecule has 0 amide bonds. The maximum Gasteiger partial charge on any atom is 0.324 e. The first-order chi connectivity index (χ1) is 9.76. The van der Waals surface area contributed by atoms with Crippen molar-refractivity contribution in [2.45, 2.75) is 19.8 Å². The SMILES string of the molecule is CCN(CC1CCCNC1)c1nc(OC)nc(OC)n1. The van der Waals surface area contributed by atoms with E-state index in [9.17, 15) is 0 Å². The Morgan fingerprint density at radius 1 is 1.20 bits per heavy atom. The molecule has 1 N–H and O–H groups in total. The molecule has 1 aromatic rings. The van der Waals surface area contributed by atoms with E-state index in [1.807, 2.05) is 0 Å². The number of piperidine rings is 1. The van der Waals surface area contributed by atoms with Crippen LogP contribution in [0.4, 0.5) is 5.95 Å². The van der Waals surface area contributed by atoms with Crippen LogP contribution in [0.25, 0.3) is 0 Å². The molecule has 1 aromatic heterocycles. The molecule has 0 aliphatic carbocycles. The number of nitrogens with one attached hydrogen (secondary N) is 1. The molecule has 0 saturated carbocycles. The largest absolute Gasteiger partial charge is 0.467 e. The second kappa shape index (κ2) is 7.23. The van der Waals surface area contributed by atoms with E-state index in [4.69, 9.17) is 9.47 Å². The molecular formula is C13H23N5O2. The summed E-state index contributed by atoms with van der Waals surface area (Å²) in [6.07, 6.45) is 2.47. The molecular weight excluding hydrogens is 258 g/mol.